The molecule has 0 spiro atoms. The Labute approximate surface area is 121 Å². The molecule has 2 rings (SSSR count). The van der Waals surface area contributed by atoms with E-state index in [4.69, 9.17) is 0 Å². The maximum Gasteiger partial charge on any atom is 0.273 e. The second-order valence-corrected chi connectivity index (χ2v) is 5.26. The lowest BCUT2D eigenvalue weighted by atomic mass is 9.75. The molecule has 0 unspecified atom stereocenters. The number of nitro benzene ring substituents is 1. The summed E-state index contributed by atoms with van der Waals surface area (Å²) in [4.78, 5) is 33.1. The molecule has 0 aromatic heterocycles. The number of hydrogen-bond donors (Lipinski definition) is 0. The van der Waals surface area contributed by atoms with Crippen LogP contribution in [0.4, 0.5) is 5.69 Å². The summed E-state index contributed by atoms with van der Waals surface area (Å²) in [7, 11) is 0. The molecule has 0 heterocycles. The number of nitrogens with zero attached hydrogens (tertiary/aromatic N) is 2. The summed E-state index contributed by atoms with van der Waals surface area (Å²) in [6, 6.07) is 5.99. The quantitative estimate of drug-likeness (QED) is 0.613. The van der Waals surface area contributed by atoms with Crippen LogP contribution in [0.5, 0.6) is 0 Å². The molecule has 1 fully saturated rings. The van der Waals surface area contributed by atoms with Gasteiger partial charge in [0, 0.05) is 28.9 Å². The van der Waals surface area contributed by atoms with Crippen LogP contribution in [-0.4, -0.2) is 22.2 Å². The molecule has 7 heteroatoms. The largest absolute Gasteiger partial charge is 0.299 e. The van der Waals surface area contributed by atoms with Crippen molar-refractivity contribution in [1.29, 1.82) is 0 Å². The smallest absolute Gasteiger partial charge is 0.273 e. The minimum Gasteiger partial charge on any atom is -0.299 e. The molecule has 112 valence electrons. The average Bonchev–Trinajstić information content (AvgIpc) is 2.45. The Morgan fingerprint density at radius 1 is 1.19 bits per heavy atom. The van der Waals surface area contributed by atoms with Gasteiger partial charge in [0.15, 0.2) is 0 Å². The Hall–Kier alpha value is -2.31. The van der Waals surface area contributed by atoms with E-state index in [2.05, 4.69) is 0 Å². The molecule has 21 heavy (non-hydrogen) atoms. The van der Waals surface area contributed by atoms with Gasteiger partial charge in [-0.1, -0.05) is 24.6 Å². The van der Waals surface area contributed by atoms with Gasteiger partial charge < -0.3 is 0 Å². The third-order valence-corrected chi connectivity index (χ3v) is 3.97. The van der Waals surface area contributed by atoms with Crippen molar-refractivity contribution >= 4 is 11.5 Å². The molecule has 0 N–H and O–H groups in total. The van der Waals surface area contributed by atoms with E-state index in [1.165, 1.54) is 18.2 Å². The van der Waals surface area contributed by atoms with Gasteiger partial charge in [-0.2, -0.15) is 0 Å². The molecule has 1 saturated carbocycles. The minimum absolute atomic E-state index is 0.0220. The lowest BCUT2D eigenvalue weighted by Gasteiger charge is -2.26. The fraction of sp³-hybridized carbons (Fsp3) is 0.500. The van der Waals surface area contributed by atoms with Crippen LogP contribution in [0, 0.1) is 26.1 Å². The monoisotopic (exact) mass is 292 g/mol. The second kappa shape index (κ2) is 6.43. The topological polar surface area (TPSA) is 103 Å². The van der Waals surface area contributed by atoms with E-state index in [9.17, 15) is 25.0 Å². The maximum absolute atomic E-state index is 12.1. The summed E-state index contributed by atoms with van der Waals surface area (Å²) < 4.78 is 0. The highest BCUT2D eigenvalue weighted by Crippen LogP contribution is 2.37. The molecule has 2 atom stereocenters. The Morgan fingerprint density at radius 2 is 1.90 bits per heavy atom. The van der Waals surface area contributed by atoms with Crippen molar-refractivity contribution in [3.63, 3.8) is 0 Å². The third-order valence-electron chi connectivity index (χ3n) is 3.97. The number of benzene rings is 1. The molecule has 1 aromatic carbocycles. The number of nitro groups is 2. The first-order chi connectivity index (χ1) is 10.0. The molecule has 0 aliphatic heterocycles. The molecule has 7 nitrogen and oxygen atoms in total. The zero-order valence-electron chi connectivity index (χ0n) is 11.4. The van der Waals surface area contributed by atoms with Crippen molar-refractivity contribution in [2.75, 3.05) is 6.54 Å². The van der Waals surface area contributed by atoms with Crippen LogP contribution in [0.3, 0.4) is 0 Å². The number of carbonyl (C=O) groups excluding carboxylic acids is 1. The highest BCUT2D eigenvalue weighted by atomic mass is 16.6. The van der Waals surface area contributed by atoms with Crippen molar-refractivity contribution in [2.24, 2.45) is 5.92 Å². The van der Waals surface area contributed by atoms with Gasteiger partial charge >= 0.3 is 0 Å². The third kappa shape index (κ3) is 3.42. The van der Waals surface area contributed by atoms with Crippen LogP contribution in [0.1, 0.15) is 37.2 Å². The lowest BCUT2D eigenvalue weighted by molar-refractivity contribution is -0.485. The van der Waals surface area contributed by atoms with Gasteiger partial charge in [0.2, 0.25) is 6.54 Å². The van der Waals surface area contributed by atoms with Gasteiger partial charge in [-0.05, 0) is 12.8 Å². The Morgan fingerprint density at radius 3 is 2.52 bits per heavy atom. The average molecular weight is 292 g/mol. The fourth-order valence-corrected chi connectivity index (χ4v) is 3.01. The molecule has 1 aliphatic rings. The Balaban J connectivity index is 2.42. The highest BCUT2D eigenvalue weighted by molar-refractivity contribution is 5.82. The molecular weight excluding hydrogens is 276 g/mol. The van der Waals surface area contributed by atoms with E-state index < -0.39 is 28.2 Å². The van der Waals surface area contributed by atoms with Gasteiger partial charge in [0.25, 0.3) is 5.69 Å². The van der Waals surface area contributed by atoms with E-state index in [1.807, 2.05) is 0 Å². The van der Waals surface area contributed by atoms with Crippen molar-refractivity contribution in [3.8, 4) is 0 Å². The van der Waals surface area contributed by atoms with E-state index in [0.717, 1.165) is 12.8 Å². The summed E-state index contributed by atoms with van der Waals surface area (Å²) in [5.41, 5.74) is 0.141. The van der Waals surface area contributed by atoms with Crippen LogP contribution in [0.25, 0.3) is 0 Å². The second-order valence-electron chi connectivity index (χ2n) is 5.26. The number of para-hydroxylation sites is 1. The van der Waals surface area contributed by atoms with E-state index in [0.29, 0.717) is 18.4 Å². The first-order valence-corrected chi connectivity index (χ1v) is 6.88. The first kappa shape index (κ1) is 15.1. The van der Waals surface area contributed by atoms with E-state index in [1.54, 1.807) is 6.07 Å². The van der Waals surface area contributed by atoms with E-state index >= 15 is 0 Å². The van der Waals surface area contributed by atoms with Crippen molar-refractivity contribution in [3.05, 3.63) is 50.1 Å². The van der Waals surface area contributed by atoms with Gasteiger partial charge in [-0.3, -0.25) is 25.0 Å². The minimum atomic E-state index is -0.727. The molecule has 1 aromatic rings. The predicted octanol–water partition coefficient (Wildman–Crippen LogP) is 2.71. The molecule has 0 amide bonds. The predicted molar refractivity (Wildman–Crippen MR) is 74.7 cm³/mol. The fourth-order valence-electron chi connectivity index (χ4n) is 3.01. The van der Waals surface area contributed by atoms with Gasteiger partial charge in [0.05, 0.1) is 10.8 Å². The number of hydrogen-bond acceptors (Lipinski definition) is 5. The van der Waals surface area contributed by atoms with Crippen molar-refractivity contribution in [2.45, 2.75) is 31.6 Å². The van der Waals surface area contributed by atoms with E-state index in [-0.39, 0.29) is 11.5 Å². The van der Waals surface area contributed by atoms with Crippen LogP contribution < -0.4 is 0 Å². The lowest BCUT2D eigenvalue weighted by Crippen LogP contribution is -2.30. The maximum atomic E-state index is 12.1. The normalized spacial score (nSPS) is 20.0. The highest BCUT2D eigenvalue weighted by Gasteiger charge is 2.37. The van der Waals surface area contributed by atoms with Gasteiger partial charge in [0.1, 0.15) is 5.78 Å². The Bertz CT molecular complexity index is 572. The number of carbonyl (C=O) groups is 1. The van der Waals surface area contributed by atoms with Crippen molar-refractivity contribution in [1.82, 2.24) is 0 Å². The summed E-state index contributed by atoms with van der Waals surface area (Å²) in [6.45, 7) is -0.457. The molecule has 0 saturated heterocycles. The summed E-state index contributed by atoms with van der Waals surface area (Å²) >= 11 is 0. The molecule has 0 radical (unpaired) electrons. The Kier molecular flexibility index (Phi) is 4.62. The van der Waals surface area contributed by atoms with Crippen LogP contribution in [-0.2, 0) is 4.79 Å². The van der Waals surface area contributed by atoms with Crippen LogP contribution in [0.15, 0.2) is 24.3 Å². The summed E-state index contributed by atoms with van der Waals surface area (Å²) in [5.74, 6) is -1.24. The standard InChI is InChI=1S/C14H16N2O5/c17-14-8-4-2-6-11(14)12(9-15(18)19)10-5-1-3-7-13(10)16(20)21/h1,3,5,7,11-12H,2,4,6,8-9H2/t11-,12-/m1/s1. The van der Waals surface area contributed by atoms with Crippen molar-refractivity contribution < 1.29 is 14.6 Å². The van der Waals surface area contributed by atoms with Gasteiger partial charge in [-0.25, -0.2) is 0 Å². The zero-order valence-corrected chi connectivity index (χ0v) is 11.4. The van der Waals surface area contributed by atoms with Gasteiger partial charge in [-0.15, -0.1) is 0 Å². The molecule has 0 bridgehead atoms. The number of ketones is 1. The number of rotatable bonds is 5. The van der Waals surface area contributed by atoms with Crippen LogP contribution in [0.2, 0.25) is 0 Å². The molecular formula is C14H16N2O5. The SMILES string of the molecule is O=C1CCCC[C@@H]1[C@H](C[N+](=O)[O-])c1ccccc1[N+](=O)[O-]. The number of Topliss-reactive ketones (excluding diaryl/α,β-unsaturated/α-hetero) is 1. The zero-order chi connectivity index (χ0) is 15.4. The summed E-state index contributed by atoms with van der Waals surface area (Å²) in [6.07, 6.45) is 2.57. The first-order valence-electron chi connectivity index (χ1n) is 6.88. The summed E-state index contributed by atoms with van der Waals surface area (Å²) in [5, 5.41) is 22.1. The van der Waals surface area contributed by atoms with Crippen LogP contribution >= 0.6 is 0 Å². The molecule has 1 aliphatic carbocycles.